The molecule has 0 saturated carbocycles. The van der Waals surface area contributed by atoms with Crippen LogP contribution in [0.1, 0.15) is 39.9 Å². The molecule has 0 aliphatic carbocycles. The van der Waals surface area contributed by atoms with Gasteiger partial charge >= 0.3 is 5.97 Å². The maximum atomic E-state index is 13.2. The van der Waals surface area contributed by atoms with Crippen molar-refractivity contribution >= 4 is 39.9 Å². The van der Waals surface area contributed by atoms with Crippen LogP contribution < -0.4 is 5.32 Å². The predicted octanol–water partition coefficient (Wildman–Crippen LogP) is 6.52. The number of carbonyl (C=O) groups is 2. The molecule has 2 N–H and O–H groups in total. The number of carboxylic acid groups (broad SMARTS) is 1. The number of nitrogens with one attached hydrogen (secondary N) is 1. The van der Waals surface area contributed by atoms with Gasteiger partial charge in [0.1, 0.15) is 0 Å². The van der Waals surface area contributed by atoms with E-state index in [9.17, 15) is 14.7 Å². The van der Waals surface area contributed by atoms with Gasteiger partial charge in [-0.15, -0.1) is 0 Å². The SMILES string of the molecule is CC(C(=O)Nc1cccc(Cl)c1Cc1ccccc1C(=O)O)c1cccc2ccccc12. The molecule has 4 aromatic rings. The van der Waals surface area contributed by atoms with Crippen LogP contribution in [0, 0.1) is 0 Å². The number of rotatable bonds is 6. The molecule has 4 nitrogen and oxygen atoms in total. The smallest absolute Gasteiger partial charge is 0.335 e. The van der Waals surface area contributed by atoms with Crippen molar-refractivity contribution in [2.24, 2.45) is 0 Å². The zero-order valence-corrected chi connectivity index (χ0v) is 18.3. The van der Waals surface area contributed by atoms with E-state index in [1.165, 1.54) is 0 Å². The normalized spacial score (nSPS) is 11.8. The highest BCUT2D eigenvalue weighted by atomic mass is 35.5. The average molecular weight is 444 g/mol. The highest BCUT2D eigenvalue weighted by Crippen LogP contribution is 2.31. The van der Waals surface area contributed by atoms with Gasteiger partial charge in [0.15, 0.2) is 0 Å². The Bertz CT molecular complexity index is 1310. The molecule has 0 heterocycles. The number of aromatic carboxylic acids is 1. The topological polar surface area (TPSA) is 66.4 Å². The molecule has 1 amide bonds. The van der Waals surface area contributed by atoms with Crippen molar-refractivity contribution < 1.29 is 14.7 Å². The Labute approximate surface area is 191 Å². The highest BCUT2D eigenvalue weighted by molar-refractivity contribution is 6.32. The third-order valence-corrected chi connectivity index (χ3v) is 6.03. The Hall–Kier alpha value is -3.63. The largest absolute Gasteiger partial charge is 0.478 e. The van der Waals surface area contributed by atoms with Crippen molar-refractivity contribution in [3.63, 3.8) is 0 Å². The summed E-state index contributed by atoms with van der Waals surface area (Å²) in [5, 5.41) is 15.1. The molecule has 1 atom stereocenters. The van der Waals surface area contributed by atoms with Gasteiger partial charge in [0.05, 0.1) is 11.5 Å². The summed E-state index contributed by atoms with van der Waals surface area (Å²) in [4.78, 5) is 24.8. The lowest BCUT2D eigenvalue weighted by molar-refractivity contribution is -0.117. The number of amides is 1. The Kier molecular flexibility index (Phi) is 6.24. The van der Waals surface area contributed by atoms with E-state index in [4.69, 9.17) is 11.6 Å². The minimum absolute atomic E-state index is 0.156. The van der Waals surface area contributed by atoms with Crippen molar-refractivity contribution in [3.8, 4) is 0 Å². The lowest BCUT2D eigenvalue weighted by Gasteiger charge is -2.18. The molecule has 4 aromatic carbocycles. The quantitative estimate of drug-likeness (QED) is 0.356. The first-order valence-electron chi connectivity index (χ1n) is 10.3. The maximum absolute atomic E-state index is 13.2. The zero-order chi connectivity index (χ0) is 22.7. The molecule has 160 valence electrons. The second-order valence-corrected chi connectivity index (χ2v) is 8.09. The molecule has 0 bridgehead atoms. The molecule has 0 fully saturated rings. The summed E-state index contributed by atoms with van der Waals surface area (Å²) in [6.45, 7) is 1.88. The van der Waals surface area contributed by atoms with Crippen molar-refractivity contribution in [3.05, 3.63) is 112 Å². The summed E-state index contributed by atoms with van der Waals surface area (Å²) in [6, 6.07) is 26.0. The Morgan fingerprint density at radius 3 is 2.41 bits per heavy atom. The maximum Gasteiger partial charge on any atom is 0.335 e. The Balaban J connectivity index is 1.65. The van der Waals surface area contributed by atoms with E-state index in [1.807, 2.05) is 49.4 Å². The van der Waals surface area contributed by atoms with Gasteiger partial charge in [-0.25, -0.2) is 4.79 Å². The van der Waals surface area contributed by atoms with Crippen molar-refractivity contribution in [2.75, 3.05) is 5.32 Å². The van der Waals surface area contributed by atoms with Crippen LogP contribution in [0.4, 0.5) is 5.69 Å². The van der Waals surface area contributed by atoms with E-state index in [-0.39, 0.29) is 17.4 Å². The first-order valence-corrected chi connectivity index (χ1v) is 10.7. The molecule has 1 unspecified atom stereocenters. The number of halogens is 1. The standard InChI is InChI=1S/C27H22ClNO3/c1-17(20-13-6-10-18-8-2-4-11-21(18)20)26(30)29-25-15-7-14-24(28)23(25)16-19-9-3-5-12-22(19)27(31)32/h2-15,17H,16H2,1H3,(H,29,30)(H,31,32). The van der Waals surface area contributed by atoms with Gasteiger partial charge in [-0.2, -0.15) is 0 Å². The Morgan fingerprint density at radius 2 is 1.59 bits per heavy atom. The molecule has 32 heavy (non-hydrogen) atoms. The zero-order valence-electron chi connectivity index (χ0n) is 17.5. The third kappa shape index (κ3) is 4.36. The fourth-order valence-electron chi connectivity index (χ4n) is 3.94. The number of fused-ring (bicyclic) bond motifs is 1. The first kappa shape index (κ1) is 21.6. The van der Waals surface area contributed by atoms with Gasteiger partial charge in [0, 0.05) is 17.1 Å². The highest BCUT2D eigenvalue weighted by Gasteiger charge is 2.20. The molecule has 0 spiro atoms. The van der Waals surface area contributed by atoms with E-state index in [0.29, 0.717) is 28.3 Å². The van der Waals surface area contributed by atoms with Crippen LogP contribution in [0.2, 0.25) is 5.02 Å². The lowest BCUT2D eigenvalue weighted by Crippen LogP contribution is -2.20. The van der Waals surface area contributed by atoms with E-state index < -0.39 is 5.97 Å². The van der Waals surface area contributed by atoms with Gasteiger partial charge in [-0.3, -0.25) is 4.79 Å². The Morgan fingerprint density at radius 1 is 0.906 bits per heavy atom. The van der Waals surface area contributed by atoms with Crippen LogP contribution in [0.15, 0.2) is 84.9 Å². The van der Waals surface area contributed by atoms with Crippen LogP contribution in [-0.2, 0) is 11.2 Å². The third-order valence-electron chi connectivity index (χ3n) is 5.67. The summed E-state index contributed by atoms with van der Waals surface area (Å²) in [7, 11) is 0. The number of hydrogen-bond donors (Lipinski definition) is 2. The summed E-state index contributed by atoms with van der Waals surface area (Å²) >= 11 is 6.47. The van der Waals surface area contributed by atoms with E-state index in [1.54, 1.807) is 42.5 Å². The lowest BCUT2D eigenvalue weighted by atomic mass is 9.93. The molecule has 0 saturated heterocycles. The predicted molar refractivity (Wildman–Crippen MR) is 129 cm³/mol. The van der Waals surface area contributed by atoms with E-state index in [2.05, 4.69) is 5.32 Å². The summed E-state index contributed by atoms with van der Waals surface area (Å²) < 4.78 is 0. The van der Waals surface area contributed by atoms with Crippen LogP contribution in [0.3, 0.4) is 0 Å². The second-order valence-electron chi connectivity index (χ2n) is 7.68. The van der Waals surface area contributed by atoms with Crippen LogP contribution in [0.5, 0.6) is 0 Å². The van der Waals surface area contributed by atoms with E-state index in [0.717, 1.165) is 16.3 Å². The summed E-state index contributed by atoms with van der Waals surface area (Å²) in [5.41, 5.74) is 3.05. The fraction of sp³-hybridized carbons (Fsp3) is 0.111. The fourth-order valence-corrected chi connectivity index (χ4v) is 4.18. The molecular weight excluding hydrogens is 422 g/mol. The van der Waals surface area contributed by atoms with Gasteiger partial charge in [-0.1, -0.05) is 78.3 Å². The number of anilines is 1. The number of carboxylic acids is 1. The first-order chi connectivity index (χ1) is 15.5. The molecular formula is C27H22ClNO3. The minimum Gasteiger partial charge on any atom is -0.478 e. The molecule has 0 aromatic heterocycles. The van der Waals surface area contributed by atoms with Crippen molar-refractivity contribution in [2.45, 2.75) is 19.3 Å². The summed E-state index contributed by atoms with van der Waals surface area (Å²) in [5.74, 6) is -1.54. The van der Waals surface area contributed by atoms with Crippen LogP contribution >= 0.6 is 11.6 Å². The monoisotopic (exact) mass is 443 g/mol. The molecule has 5 heteroatoms. The van der Waals surface area contributed by atoms with Gasteiger partial charge in [-0.05, 0) is 52.6 Å². The van der Waals surface area contributed by atoms with Gasteiger partial charge in [0.2, 0.25) is 5.91 Å². The molecule has 0 radical (unpaired) electrons. The van der Waals surface area contributed by atoms with Crippen LogP contribution in [0.25, 0.3) is 10.8 Å². The number of benzene rings is 4. The minimum atomic E-state index is -0.997. The molecule has 0 aliphatic rings. The van der Waals surface area contributed by atoms with Crippen molar-refractivity contribution in [1.82, 2.24) is 0 Å². The molecule has 4 rings (SSSR count). The second kappa shape index (κ2) is 9.25. The average Bonchev–Trinajstić information content (AvgIpc) is 2.80. The van der Waals surface area contributed by atoms with E-state index >= 15 is 0 Å². The van der Waals surface area contributed by atoms with Gasteiger partial charge in [0.25, 0.3) is 0 Å². The number of carbonyl (C=O) groups excluding carboxylic acids is 1. The summed E-state index contributed by atoms with van der Waals surface area (Å²) in [6.07, 6.45) is 0.292. The van der Waals surface area contributed by atoms with Gasteiger partial charge < -0.3 is 10.4 Å². The molecule has 0 aliphatic heterocycles. The number of hydrogen-bond acceptors (Lipinski definition) is 2. The van der Waals surface area contributed by atoms with Crippen molar-refractivity contribution in [1.29, 1.82) is 0 Å². The van der Waals surface area contributed by atoms with Crippen LogP contribution in [-0.4, -0.2) is 17.0 Å².